The van der Waals surface area contributed by atoms with Crippen molar-refractivity contribution < 1.29 is 13.2 Å². The van der Waals surface area contributed by atoms with Crippen molar-refractivity contribution in [3.63, 3.8) is 0 Å². The van der Waals surface area contributed by atoms with E-state index in [1.165, 1.54) is 0 Å². The number of nitrogens with one attached hydrogen (secondary N) is 2. The van der Waals surface area contributed by atoms with E-state index < -0.39 is 10.0 Å². The Morgan fingerprint density at radius 1 is 1.00 bits per heavy atom. The third-order valence-electron chi connectivity index (χ3n) is 5.36. The number of anilines is 3. The number of amides is 1. The van der Waals surface area contributed by atoms with Crippen molar-refractivity contribution in [3.8, 4) is 0 Å². The van der Waals surface area contributed by atoms with Gasteiger partial charge in [-0.05, 0) is 62.2 Å². The van der Waals surface area contributed by atoms with E-state index in [0.717, 1.165) is 24.9 Å². The van der Waals surface area contributed by atoms with Gasteiger partial charge in [-0.2, -0.15) is 0 Å². The van der Waals surface area contributed by atoms with Crippen molar-refractivity contribution in [2.75, 3.05) is 28.0 Å². The van der Waals surface area contributed by atoms with Crippen molar-refractivity contribution in [3.05, 3.63) is 72.6 Å². The lowest BCUT2D eigenvalue weighted by atomic mass is 9.97. The molecule has 4 rings (SSSR count). The molecule has 1 saturated heterocycles. The molecule has 2 aromatic carbocycles. The quantitative estimate of drug-likeness (QED) is 0.595. The Morgan fingerprint density at radius 2 is 1.66 bits per heavy atom. The fraction of sp³-hybridized carbons (Fsp3) is 0.261. The molecule has 1 atom stereocenters. The monoisotopic (exact) mass is 451 g/mol. The van der Waals surface area contributed by atoms with Gasteiger partial charge in [0.15, 0.2) is 0 Å². The van der Waals surface area contributed by atoms with E-state index in [0.29, 0.717) is 23.9 Å². The van der Waals surface area contributed by atoms with Gasteiger partial charge in [0.2, 0.25) is 11.9 Å². The summed E-state index contributed by atoms with van der Waals surface area (Å²) in [4.78, 5) is 23.5. The largest absolute Gasteiger partial charge is 0.340 e. The van der Waals surface area contributed by atoms with Gasteiger partial charge in [0.1, 0.15) is 0 Å². The van der Waals surface area contributed by atoms with Gasteiger partial charge in [-0.1, -0.05) is 17.7 Å². The first-order valence-corrected chi connectivity index (χ1v) is 11.9. The van der Waals surface area contributed by atoms with Crippen LogP contribution in [-0.4, -0.2) is 37.4 Å². The maximum atomic E-state index is 12.8. The molecule has 3 aromatic rings. The van der Waals surface area contributed by atoms with E-state index >= 15 is 0 Å². The van der Waals surface area contributed by atoms with E-state index in [-0.39, 0.29) is 16.7 Å². The molecule has 0 radical (unpaired) electrons. The zero-order chi connectivity index (χ0) is 22.6. The summed E-state index contributed by atoms with van der Waals surface area (Å²) in [5, 5.41) is 2.93. The van der Waals surface area contributed by atoms with Crippen LogP contribution in [0.5, 0.6) is 0 Å². The van der Waals surface area contributed by atoms with Crippen molar-refractivity contribution in [1.82, 2.24) is 9.97 Å². The average molecular weight is 452 g/mol. The highest BCUT2D eigenvalue weighted by Crippen LogP contribution is 2.23. The van der Waals surface area contributed by atoms with Gasteiger partial charge in [0, 0.05) is 36.9 Å². The van der Waals surface area contributed by atoms with E-state index in [9.17, 15) is 13.2 Å². The summed E-state index contributed by atoms with van der Waals surface area (Å²) < 4.78 is 27.6. The Bertz CT molecular complexity index is 1170. The van der Waals surface area contributed by atoms with Gasteiger partial charge in [0.05, 0.1) is 10.8 Å². The third-order valence-corrected chi connectivity index (χ3v) is 6.76. The van der Waals surface area contributed by atoms with Crippen LogP contribution in [0.1, 0.15) is 18.4 Å². The number of hydrogen-bond donors (Lipinski definition) is 2. The van der Waals surface area contributed by atoms with Crippen LogP contribution in [-0.2, 0) is 14.8 Å². The zero-order valence-corrected chi connectivity index (χ0v) is 18.5. The molecule has 2 N–H and O–H groups in total. The standard InChI is InChI=1S/C23H25N5O3S/c1-17-5-11-21(12-6-17)32(30,31)27-20-9-7-19(8-10-20)26-22(29)18-4-2-15-28(16-18)23-24-13-3-14-25-23/h3,5-14,18,27H,2,4,15-16H2,1H3,(H,26,29). The maximum absolute atomic E-state index is 12.8. The lowest BCUT2D eigenvalue weighted by molar-refractivity contribution is -0.120. The summed E-state index contributed by atoms with van der Waals surface area (Å²) in [7, 11) is -3.67. The van der Waals surface area contributed by atoms with Crippen molar-refractivity contribution in [2.24, 2.45) is 5.92 Å². The van der Waals surface area contributed by atoms with Crippen LogP contribution in [0.4, 0.5) is 17.3 Å². The molecule has 0 bridgehead atoms. The number of carbonyl (C=O) groups excluding carboxylic acids is 1. The summed E-state index contributed by atoms with van der Waals surface area (Å²) in [6.07, 6.45) is 5.07. The van der Waals surface area contributed by atoms with Gasteiger partial charge < -0.3 is 10.2 Å². The lowest BCUT2D eigenvalue weighted by Gasteiger charge is -2.31. The molecule has 0 spiro atoms. The highest BCUT2D eigenvalue weighted by molar-refractivity contribution is 7.92. The number of rotatable bonds is 6. The van der Waals surface area contributed by atoms with Crippen molar-refractivity contribution >= 4 is 33.3 Å². The fourth-order valence-corrected chi connectivity index (χ4v) is 4.68. The zero-order valence-electron chi connectivity index (χ0n) is 17.7. The molecular weight excluding hydrogens is 426 g/mol. The smallest absolute Gasteiger partial charge is 0.261 e. The minimum atomic E-state index is -3.67. The molecule has 1 unspecified atom stereocenters. The van der Waals surface area contributed by atoms with Crippen LogP contribution < -0.4 is 14.9 Å². The van der Waals surface area contributed by atoms with Crippen molar-refractivity contribution in [2.45, 2.75) is 24.7 Å². The van der Waals surface area contributed by atoms with Gasteiger partial charge >= 0.3 is 0 Å². The molecule has 1 aliphatic heterocycles. The van der Waals surface area contributed by atoms with E-state index in [4.69, 9.17) is 0 Å². The summed E-state index contributed by atoms with van der Waals surface area (Å²) in [6, 6.07) is 15.0. The molecule has 8 nitrogen and oxygen atoms in total. The van der Waals surface area contributed by atoms with E-state index in [1.807, 2.05) is 11.8 Å². The number of aryl methyl sites for hydroxylation is 1. The fourth-order valence-electron chi connectivity index (χ4n) is 3.62. The molecule has 1 fully saturated rings. The lowest BCUT2D eigenvalue weighted by Crippen LogP contribution is -2.41. The van der Waals surface area contributed by atoms with Gasteiger partial charge in [0.25, 0.3) is 10.0 Å². The first-order chi connectivity index (χ1) is 15.4. The second kappa shape index (κ2) is 9.35. The second-order valence-corrected chi connectivity index (χ2v) is 9.50. The van der Waals surface area contributed by atoms with Crippen molar-refractivity contribution in [1.29, 1.82) is 0 Å². The van der Waals surface area contributed by atoms with Crippen LogP contribution in [0.2, 0.25) is 0 Å². The first-order valence-electron chi connectivity index (χ1n) is 10.4. The molecule has 1 aliphatic rings. The maximum Gasteiger partial charge on any atom is 0.261 e. The number of sulfonamides is 1. The minimum Gasteiger partial charge on any atom is -0.340 e. The highest BCUT2D eigenvalue weighted by Gasteiger charge is 2.27. The molecule has 0 saturated carbocycles. The average Bonchev–Trinajstić information content (AvgIpc) is 2.81. The van der Waals surface area contributed by atoms with Crippen LogP contribution in [0.25, 0.3) is 0 Å². The van der Waals surface area contributed by atoms with Gasteiger partial charge in [-0.15, -0.1) is 0 Å². The molecular formula is C23H25N5O3S. The van der Waals surface area contributed by atoms with Crippen LogP contribution in [0, 0.1) is 12.8 Å². The molecule has 32 heavy (non-hydrogen) atoms. The number of aromatic nitrogens is 2. The summed E-state index contributed by atoms with van der Waals surface area (Å²) in [5.74, 6) is 0.390. The van der Waals surface area contributed by atoms with Crippen LogP contribution in [0.3, 0.4) is 0 Å². The third kappa shape index (κ3) is 5.23. The minimum absolute atomic E-state index is 0.0707. The Hall–Kier alpha value is -3.46. The predicted molar refractivity (Wildman–Crippen MR) is 124 cm³/mol. The molecule has 9 heteroatoms. The molecule has 166 valence electrons. The molecule has 1 amide bonds. The van der Waals surface area contributed by atoms with Crippen LogP contribution >= 0.6 is 0 Å². The number of piperidine rings is 1. The second-order valence-electron chi connectivity index (χ2n) is 7.82. The van der Waals surface area contributed by atoms with Crippen LogP contribution in [0.15, 0.2) is 71.9 Å². The SMILES string of the molecule is Cc1ccc(S(=O)(=O)Nc2ccc(NC(=O)C3CCCN(c4ncccn4)C3)cc2)cc1. The highest BCUT2D eigenvalue weighted by atomic mass is 32.2. The van der Waals surface area contributed by atoms with Gasteiger partial charge in [-0.3, -0.25) is 9.52 Å². The summed E-state index contributed by atoms with van der Waals surface area (Å²) in [5.41, 5.74) is 2.02. The Balaban J connectivity index is 1.37. The Morgan fingerprint density at radius 3 is 2.34 bits per heavy atom. The topological polar surface area (TPSA) is 104 Å². The molecule has 2 heterocycles. The van der Waals surface area contributed by atoms with Gasteiger partial charge in [-0.25, -0.2) is 18.4 Å². The number of nitrogens with zero attached hydrogens (tertiary/aromatic N) is 3. The summed E-state index contributed by atoms with van der Waals surface area (Å²) in [6.45, 7) is 3.28. The van der Waals surface area contributed by atoms with E-state index in [2.05, 4.69) is 20.0 Å². The Labute approximate surface area is 187 Å². The molecule has 1 aromatic heterocycles. The number of carbonyl (C=O) groups is 1. The predicted octanol–water partition coefficient (Wildman–Crippen LogP) is 3.44. The first kappa shape index (κ1) is 21.8. The number of hydrogen-bond acceptors (Lipinski definition) is 6. The summed E-state index contributed by atoms with van der Waals surface area (Å²) >= 11 is 0. The normalized spacial score (nSPS) is 16.4. The van der Waals surface area contributed by atoms with E-state index in [1.54, 1.807) is 67.0 Å². The molecule has 0 aliphatic carbocycles. The number of benzene rings is 2. The Kier molecular flexibility index (Phi) is 6.36.